The number of carbonyl (C=O) groups is 6. The van der Waals surface area contributed by atoms with Gasteiger partial charge in [0.25, 0.3) is 0 Å². The molecule has 0 unspecified atom stereocenters. The maximum atomic E-state index is 14.4. The Morgan fingerprint density at radius 2 is 1.29 bits per heavy atom. The molecule has 3 aromatic carbocycles. The minimum absolute atomic E-state index is 0.0557. The molecule has 332 valence electrons. The fourth-order valence-corrected chi connectivity index (χ4v) is 7.15. The van der Waals surface area contributed by atoms with Crippen molar-refractivity contribution in [1.29, 1.82) is 0 Å². The Morgan fingerprint density at radius 3 is 1.95 bits per heavy atom. The first-order valence-corrected chi connectivity index (χ1v) is 21.5. The summed E-state index contributed by atoms with van der Waals surface area (Å²) >= 11 is 0. The van der Waals surface area contributed by atoms with Crippen LogP contribution in [0.1, 0.15) is 57.2 Å². The van der Waals surface area contributed by atoms with Crippen molar-refractivity contribution in [2.24, 2.45) is 11.8 Å². The monoisotopic (exact) mass is 851 g/mol. The van der Waals surface area contributed by atoms with Crippen molar-refractivity contribution in [1.82, 2.24) is 36.8 Å². The molecular formula is C47H61N7O8. The van der Waals surface area contributed by atoms with E-state index in [1.54, 1.807) is 38.1 Å². The molecule has 7 amide bonds. The number of amides is 7. The third kappa shape index (κ3) is 13.9. The molecule has 5 rings (SSSR count). The number of nitrogens with zero attached hydrogens (tertiary/aromatic N) is 1. The van der Waals surface area contributed by atoms with Crippen LogP contribution in [0.5, 0.6) is 5.75 Å². The summed E-state index contributed by atoms with van der Waals surface area (Å²) in [5.41, 5.74) is 2.54. The molecule has 1 saturated heterocycles. The van der Waals surface area contributed by atoms with Gasteiger partial charge < -0.3 is 46.3 Å². The highest BCUT2D eigenvalue weighted by molar-refractivity contribution is 5.98. The van der Waals surface area contributed by atoms with Gasteiger partial charge in [0.1, 0.15) is 42.6 Å². The predicted molar refractivity (Wildman–Crippen MR) is 235 cm³/mol. The van der Waals surface area contributed by atoms with Crippen molar-refractivity contribution in [3.05, 3.63) is 114 Å². The van der Waals surface area contributed by atoms with Crippen LogP contribution in [0.15, 0.2) is 97.1 Å². The highest BCUT2D eigenvalue weighted by Gasteiger charge is 2.39. The highest BCUT2D eigenvalue weighted by atomic mass is 16.5. The number of hydrogen-bond acceptors (Lipinski definition) is 8. The Morgan fingerprint density at radius 1 is 0.661 bits per heavy atom. The second-order valence-corrected chi connectivity index (χ2v) is 16.0. The Balaban J connectivity index is 1.42. The van der Waals surface area contributed by atoms with Gasteiger partial charge in [0, 0.05) is 39.1 Å². The number of urea groups is 1. The number of ether oxygens (including phenoxy) is 2. The van der Waals surface area contributed by atoms with E-state index in [0.29, 0.717) is 37.4 Å². The van der Waals surface area contributed by atoms with Crippen LogP contribution in [0.3, 0.4) is 0 Å². The van der Waals surface area contributed by atoms with E-state index < -0.39 is 65.8 Å². The molecule has 0 spiro atoms. The zero-order valence-electron chi connectivity index (χ0n) is 36.1. The third-order valence-corrected chi connectivity index (χ3v) is 11.0. The summed E-state index contributed by atoms with van der Waals surface area (Å²) in [5.74, 6) is -2.67. The Labute approximate surface area is 364 Å². The Hall–Kier alpha value is -6.22. The van der Waals surface area contributed by atoms with Crippen molar-refractivity contribution >= 4 is 35.6 Å². The summed E-state index contributed by atoms with van der Waals surface area (Å²) in [6, 6.07) is 20.5. The zero-order chi connectivity index (χ0) is 44.4. The van der Waals surface area contributed by atoms with Crippen molar-refractivity contribution < 1.29 is 38.2 Å². The van der Waals surface area contributed by atoms with Crippen LogP contribution in [-0.2, 0) is 48.2 Å². The average molecular weight is 852 g/mol. The Bertz CT molecular complexity index is 1980. The van der Waals surface area contributed by atoms with Gasteiger partial charge in [-0.1, -0.05) is 119 Å². The number of carbonyl (C=O) groups excluding carboxylic acids is 6. The fraction of sp³-hybridized carbons (Fsp3) is 0.447. The van der Waals surface area contributed by atoms with Gasteiger partial charge in [-0.15, -0.1) is 0 Å². The van der Waals surface area contributed by atoms with Crippen LogP contribution in [0.25, 0.3) is 0 Å². The van der Waals surface area contributed by atoms with Gasteiger partial charge in [0.05, 0.1) is 6.61 Å². The quantitative estimate of drug-likeness (QED) is 0.167. The van der Waals surface area contributed by atoms with Crippen LogP contribution >= 0.6 is 0 Å². The number of fused-ring (bicyclic) bond motifs is 1. The first kappa shape index (κ1) is 46.8. The standard InChI is InChI=1S/C47H61N7O8/c1-5-32(4)41-45(58)52-40(31(2)3)46(59)54-25-12-18-39(54)44(57)51-38(29-34-19-21-36(22-20-34)62-30-35-16-10-7-11-17-35)43(56)50-37(28-33-14-8-6-9-15-33)42(55)48-23-13-26-61-27-24-49-47(60)53-41/h6-12,14-22,31-32,37-41H,5,13,23-30H2,1-4H3,(H,48,55)(H,50,56)(H,51,57)(H,52,58)(H2,49,53,60)/t32-,37-,38-,39-,40-,41-/m0/s1. The van der Waals surface area contributed by atoms with Crippen LogP contribution in [-0.4, -0.2) is 104 Å². The number of rotatable bonds is 10. The van der Waals surface area contributed by atoms with Crippen molar-refractivity contribution in [3.63, 3.8) is 0 Å². The molecule has 6 atom stereocenters. The van der Waals surface area contributed by atoms with Crippen LogP contribution in [0.2, 0.25) is 0 Å². The topological polar surface area (TPSA) is 196 Å². The van der Waals surface area contributed by atoms with Crippen molar-refractivity contribution in [2.45, 2.75) is 90.2 Å². The molecule has 0 radical (unpaired) electrons. The van der Waals surface area contributed by atoms with E-state index in [0.717, 1.165) is 11.1 Å². The van der Waals surface area contributed by atoms with E-state index in [-0.39, 0.29) is 50.9 Å². The highest BCUT2D eigenvalue weighted by Crippen LogP contribution is 2.19. The van der Waals surface area contributed by atoms with E-state index in [1.807, 2.05) is 86.6 Å². The van der Waals surface area contributed by atoms with Gasteiger partial charge in [-0.2, -0.15) is 0 Å². The molecule has 15 heteroatoms. The minimum Gasteiger partial charge on any atom is -0.489 e. The predicted octanol–water partition coefficient (Wildman–Crippen LogP) is 3.18. The lowest BCUT2D eigenvalue weighted by molar-refractivity contribution is -0.142. The average Bonchev–Trinajstić information content (AvgIpc) is 3.78. The fourth-order valence-electron chi connectivity index (χ4n) is 7.15. The van der Waals surface area contributed by atoms with Gasteiger partial charge in [-0.3, -0.25) is 24.0 Å². The molecule has 2 heterocycles. The summed E-state index contributed by atoms with van der Waals surface area (Å²) < 4.78 is 11.7. The molecule has 2 aliphatic heterocycles. The summed E-state index contributed by atoms with van der Waals surface area (Å²) in [6.07, 6.45) is 4.56. The largest absolute Gasteiger partial charge is 0.489 e. The van der Waals surface area contributed by atoms with E-state index in [4.69, 9.17) is 9.47 Å². The Kier molecular flexibility index (Phi) is 17.9. The van der Waals surface area contributed by atoms with E-state index >= 15 is 0 Å². The molecule has 0 aromatic heterocycles. The molecule has 3 aromatic rings. The molecule has 62 heavy (non-hydrogen) atoms. The van der Waals surface area contributed by atoms with E-state index in [9.17, 15) is 28.8 Å². The lowest BCUT2D eigenvalue weighted by atomic mass is 9.96. The van der Waals surface area contributed by atoms with Crippen LogP contribution in [0, 0.1) is 11.8 Å². The van der Waals surface area contributed by atoms with Gasteiger partial charge in [0.15, 0.2) is 0 Å². The number of benzene rings is 3. The second kappa shape index (κ2) is 23.7. The molecule has 15 nitrogen and oxygen atoms in total. The smallest absolute Gasteiger partial charge is 0.315 e. The lowest BCUT2D eigenvalue weighted by Crippen LogP contribution is -2.61. The lowest BCUT2D eigenvalue weighted by Gasteiger charge is -2.33. The SMILES string of the molecule is CC[C@H](C)[C@@H]1NC(=O)NCCOCCCNC(=O)[C@H](Cc2ccccc2)NC(=O)[C@H](Cc2ccc(OCc3ccccc3)cc2)NC(=O)[C@@H]2C=CCN2C(=O)[C@H](C(C)C)NC1=O. The first-order chi connectivity index (χ1) is 29.9. The second-order valence-electron chi connectivity index (χ2n) is 16.0. The number of hydrogen-bond donors (Lipinski definition) is 6. The molecule has 0 aliphatic carbocycles. The molecule has 1 fully saturated rings. The van der Waals surface area contributed by atoms with Crippen LogP contribution < -0.4 is 36.6 Å². The van der Waals surface area contributed by atoms with Gasteiger partial charge in [-0.25, -0.2) is 4.79 Å². The maximum Gasteiger partial charge on any atom is 0.315 e. The van der Waals surface area contributed by atoms with Gasteiger partial charge in [-0.05, 0) is 47.1 Å². The number of nitrogens with one attached hydrogen (secondary N) is 6. The third-order valence-electron chi connectivity index (χ3n) is 11.0. The first-order valence-electron chi connectivity index (χ1n) is 21.5. The summed E-state index contributed by atoms with van der Waals surface area (Å²) in [4.78, 5) is 84.7. The molecule has 0 saturated carbocycles. The van der Waals surface area contributed by atoms with Gasteiger partial charge in [0.2, 0.25) is 29.5 Å². The molecule has 6 N–H and O–H groups in total. The molecule has 2 aliphatic rings. The van der Waals surface area contributed by atoms with Crippen LogP contribution in [0.4, 0.5) is 4.79 Å². The van der Waals surface area contributed by atoms with Gasteiger partial charge >= 0.3 is 6.03 Å². The van der Waals surface area contributed by atoms with E-state index in [2.05, 4.69) is 31.9 Å². The summed E-state index contributed by atoms with van der Waals surface area (Å²) in [5, 5.41) is 17.0. The maximum absolute atomic E-state index is 14.4. The zero-order valence-corrected chi connectivity index (χ0v) is 36.1. The molecule has 0 bridgehead atoms. The summed E-state index contributed by atoms with van der Waals surface area (Å²) in [6.45, 7) is 8.69. The summed E-state index contributed by atoms with van der Waals surface area (Å²) in [7, 11) is 0. The molecular weight excluding hydrogens is 791 g/mol. The van der Waals surface area contributed by atoms with E-state index in [1.165, 1.54) is 4.90 Å². The normalized spacial score (nSPS) is 23.1. The van der Waals surface area contributed by atoms with Crippen molar-refractivity contribution in [3.8, 4) is 5.75 Å². The van der Waals surface area contributed by atoms with Crippen molar-refractivity contribution in [2.75, 3.05) is 32.8 Å². The minimum atomic E-state index is -1.16.